The van der Waals surface area contributed by atoms with E-state index in [9.17, 15) is 14.4 Å². The Kier molecular flexibility index (Phi) is 9.58. The first-order chi connectivity index (χ1) is 11.0. The van der Waals surface area contributed by atoms with Crippen LogP contribution in [0.25, 0.3) is 0 Å². The van der Waals surface area contributed by atoms with Crippen LogP contribution in [-0.4, -0.2) is 49.8 Å². The average molecular weight is 345 g/mol. The minimum absolute atomic E-state index is 0.0413. The van der Waals surface area contributed by atoms with Crippen LogP contribution >= 0.6 is 0 Å². The molecule has 0 spiro atoms. The van der Waals surface area contributed by atoms with Crippen molar-refractivity contribution in [3.8, 4) is 0 Å². The Morgan fingerprint density at radius 2 is 1.46 bits per heavy atom. The van der Waals surface area contributed by atoms with Gasteiger partial charge in [-0.2, -0.15) is 0 Å². The van der Waals surface area contributed by atoms with E-state index >= 15 is 0 Å². The molecule has 140 valence electrons. The fourth-order valence-electron chi connectivity index (χ4n) is 2.16. The maximum atomic E-state index is 12.0. The van der Waals surface area contributed by atoms with Gasteiger partial charge >= 0.3 is 17.9 Å². The molecule has 2 unspecified atom stereocenters. The summed E-state index contributed by atoms with van der Waals surface area (Å²) in [6.45, 7) is 9.25. The standard InChI is InChI=1S/C17H31NO6/c1-11(2)10-13(16(21)23-7)18-12(15(20)22-6)8-9-14(19)24-17(3,4)5/h11-13,18H,8-10H2,1-7H3. The molecule has 1 N–H and O–H groups in total. The second-order valence-corrected chi connectivity index (χ2v) is 7.07. The molecule has 0 aliphatic carbocycles. The zero-order chi connectivity index (χ0) is 18.9. The van der Waals surface area contributed by atoms with E-state index in [2.05, 4.69) is 5.32 Å². The summed E-state index contributed by atoms with van der Waals surface area (Å²) in [5.74, 6) is -1.16. The zero-order valence-corrected chi connectivity index (χ0v) is 15.8. The van der Waals surface area contributed by atoms with Gasteiger partial charge in [0.1, 0.15) is 17.7 Å². The Morgan fingerprint density at radius 3 is 1.88 bits per heavy atom. The van der Waals surface area contributed by atoms with Gasteiger partial charge < -0.3 is 14.2 Å². The smallest absolute Gasteiger partial charge is 0.322 e. The highest BCUT2D eigenvalue weighted by Crippen LogP contribution is 2.13. The number of esters is 3. The monoisotopic (exact) mass is 345 g/mol. The van der Waals surface area contributed by atoms with Gasteiger partial charge in [-0.1, -0.05) is 13.8 Å². The van der Waals surface area contributed by atoms with E-state index < -0.39 is 35.6 Å². The van der Waals surface area contributed by atoms with E-state index in [0.29, 0.717) is 6.42 Å². The normalized spacial score (nSPS) is 14.0. The minimum atomic E-state index is -0.787. The van der Waals surface area contributed by atoms with Gasteiger partial charge in [0.15, 0.2) is 0 Å². The highest BCUT2D eigenvalue weighted by Gasteiger charge is 2.29. The Balaban J connectivity index is 4.89. The molecular weight excluding hydrogens is 314 g/mol. The predicted octanol–water partition coefficient (Wildman–Crippen LogP) is 1.83. The summed E-state index contributed by atoms with van der Waals surface area (Å²) in [5, 5.41) is 2.95. The Morgan fingerprint density at radius 1 is 0.958 bits per heavy atom. The maximum Gasteiger partial charge on any atom is 0.322 e. The van der Waals surface area contributed by atoms with E-state index in [1.807, 2.05) is 13.8 Å². The lowest BCUT2D eigenvalue weighted by molar-refractivity contribution is -0.155. The molecule has 0 saturated carbocycles. The minimum Gasteiger partial charge on any atom is -0.468 e. The van der Waals surface area contributed by atoms with Crippen LogP contribution in [0.4, 0.5) is 0 Å². The van der Waals surface area contributed by atoms with Crippen LogP contribution in [0, 0.1) is 5.92 Å². The molecule has 0 aromatic heterocycles. The van der Waals surface area contributed by atoms with Crippen molar-refractivity contribution in [3.05, 3.63) is 0 Å². The van der Waals surface area contributed by atoms with E-state index in [1.165, 1.54) is 14.2 Å². The first kappa shape index (κ1) is 22.4. The number of rotatable bonds is 9. The number of nitrogens with one attached hydrogen (secondary N) is 1. The summed E-state index contributed by atoms with van der Waals surface area (Å²) in [6, 6.07) is -1.43. The van der Waals surface area contributed by atoms with Crippen molar-refractivity contribution >= 4 is 17.9 Å². The maximum absolute atomic E-state index is 12.0. The average Bonchev–Trinajstić information content (AvgIpc) is 2.46. The first-order valence-corrected chi connectivity index (χ1v) is 8.13. The summed E-state index contributed by atoms with van der Waals surface area (Å²) in [7, 11) is 2.56. The lowest BCUT2D eigenvalue weighted by Crippen LogP contribution is -2.48. The van der Waals surface area contributed by atoms with E-state index in [4.69, 9.17) is 14.2 Å². The molecule has 24 heavy (non-hydrogen) atoms. The molecule has 0 rings (SSSR count). The number of methoxy groups -OCH3 is 2. The third-order valence-electron chi connectivity index (χ3n) is 3.14. The van der Waals surface area contributed by atoms with Gasteiger partial charge in [0.25, 0.3) is 0 Å². The van der Waals surface area contributed by atoms with Crippen molar-refractivity contribution in [2.24, 2.45) is 5.92 Å². The first-order valence-electron chi connectivity index (χ1n) is 8.13. The van der Waals surface area contributed by atoms with Gasteiger partial charge in [0.2, 0.25) is 0 Å². The lowest BCUT2D eigenvalue weighted by Gasteiger charge is -2.24. The number of hydrogen-bond donors (Lipinski definition) is 1. The van der Waals surface area contributed by atoms with Crippen LogP contribution in [0.3, 0.4) is 0 Å². The fraction of sp³-hybridized carbons (Fsp3) is 0.824. The Bertz CT molecular complexity index is 427. The van der Waals surface area contributed by atoms with Crippen LogP contribution in [0.5, 0.6) is 0 Å². The van der Waals surface area contributed by atoms with Gasteiger partial charge in [-0.3, -0.25) is 19.7 Å². The summed E-state index contributed by atoms with van der Waals surface area (Å²) < 4.78 is 14.8. The van der Waals surface area contributed by atoms with Crippen LogP contribution in [0.1, 0.15) is 53.9 Å². The van der Waals surface area contributed by atoms with Crippen molar-refractivity contribution in [2.45, 2.75) is 71.6 Å². The highest BCUT2D eigenvalue weighted by atomic mass is 16.6. The van der Waals surface area contributed by atoms with Gasteiger partial charge in [0.05, 0.1) is 14.2 Å². The van der Waals surface area contributed by atoms with Crippen molar-refractivity contribution in [3.63, 3.8) is 0 Å². The number of hydrogen-bond acceptors (Lipinski definition) is 7. The summed E-state index contributed by atoms with van der Waals surface area (Å²) in [4.78, 5) is 35.7. The van der Waals surface area contributed by atoms with E-state index in [1.54, 1.807) is 20.8 Å². The largest absolute Gasteiger partial charge is 0.468 e. The van der Waals surface area contributed by atoms with Crippen LogP contribution in [-0.2, 0) is 28.6 Å². The molecule has 0 aromatic carbocycles. The van der Waals surface area contributed by atoms with Crippen molar-refractivity contribution in [1.29, 1.82) is 0 Å². The van der Waals surface area contributed by atoms with Crippen LogP contribution in [0.15, 0.2) is 0 Å². The second kappa shape index (κ2) is 10.3. The molecule has 0 aliphatic heterocycles. The molecule has 0 saturated heterocycles. The van der Waals surface area contributed by atoms with Crippen molar-refractivity contribution in [1.82, 2.24) is 5.32 Å². The van der Waals surface area contributed by atoms with E-state index in [0.717, 1.165) is 0 Å². The summed E-state index contributed by atoms with van der Waals surface area (Å²) >= 11 is 0. The van der Waals surface area contributed by atoms with Gasteiger partial charge in [-0.15, -0.1) is 0 Å². The molecule has 0 bridgehead atoms. The van der Waals surface area contributed by atoms with E-state index in [-0.39, 0.29) is 18.8 Å². The summed E-state index contributed by atoms with van der Waals surface area (Å²) in [6.07, 6.45) is 0.722. The van der Waals surface area contributed by atoms with Gasteiger partial charge in [0, 0.05) is 6.42 Å². The highest BCUT2D eigenvalue weighted by molar-refractivity contribution is 5.80. The van der Waals surface area contributed by atoms with Gasteiger partial charge in [-0.05, 0) is 39.5 Å². The summed E-state index contributed by atoms with van der Waals surface area (Å²) in [5.41, 5.74) is -0.586. The quantitative estimate of drug-likeness (QED) is 0.503. The number of carbonyl (C=O) groups excluding carboxylic acids is 3. The topological polar surface area (TPSA) is 90.9 Å². The predicted molar refractivity (Wildman–Crippen MR) is 89.3 cm³/mol. The number of ether oxygens (including phenoxy) is 3. The molecule has 0 radical (unpaired) electrons. The Labute approximate surface area is 144 Å². The Hall–Kier alpha value is -1.63. The molecule has 0 heterocycles. The molecule has 0 fully saturated rings. The van der Waals surface area contributed by atoms with Crippen LogP contribution in [0.2, 0.25) is 0 Å². The molecule has 7 nitrogen and oxygen atoms in total. The van der Waals surface area contributed by atoms with Crippen LogP contribution < -0.4 is 5.32 Å². The van der Waals surface area contributed by atoms with Gasteiger partial charge in [-0.25, -0.2) is 0 Å². The third-order valence-corrected chi connectivity index (χ3v) is 3.14. The molecule has 0 aromatic rings. The second-order valence-electron chi connectivity index (χ2n) is 7.07. The number of carbonyl (C=O) groups is 3. The van der Waals surface area contributed by atoms with Crippen molar-refractivity contribution < 1.29 is 28.6 Å². The zero-order valence-electron chi connectivity index (χ0n) is 15.8. The molecule has 2 atom stereocenters. The molecule has 0 aliphatic rings. The van der Waals surface area contributed by atoms with Crippen molar-refractivity contribution in [2.75, 3.05) is 14.2 Å². The molecule has 7 heteroatoms. The fourth-order valence-corrected chi connectivity index (χ4v) is 2.16. The SMILES string of the molecule is COC(=O)C(CCC(=O)OC(C)(C)C)NC(CC(C)C)C(=O)OC. The third kappa shape index (κ3) is 9.50. The molecular formula is C17H31NO6. The lowest BCUT2D eigenvalue weighted by atomic mass is 10.0. The molecule has 0 amide bonds.